The molecule has 2 amide bonds. The number of hydrogen-bond donors (Lipinski definition) is 6. The van der Waals surface area contributed by atoms with Crippen LogP contribution >= 0.6 is 0 Å². The van der Waals surface area contributed by atoms with Gasteiger partial charge in [0.15, 0.2) is 11.2 Å². The summed E-state index contributed by atoms with van der Waals surface area (Å²) in [6.45, 7) is 0.879. The van der Waals surface area contributed by atoms with E-state index >= 15 is 0 Å². The van der Waals surface area contributed by atoms with Crippen LogP contribution in [0.15, 0.2) is 35.3 Å². The number of anilines is 2. The molecule has 0 aliphatic carbocycles. The number of carbonyl (C=O) groups excluding carboxylic acids is 2. The molecule has 2 heterocycles. The van der Waals surface area contributed by atoms with E-state index in [1.54, 1.807) is 29.7 Å². The fourth-order valence-corrected chi connectivity index (χ4v) is 3.11. The summed E-state index contributed by atoms with van der Waals surface area (Å²) in [5, 5.41) is 14.5. The molecule has 0 atom stereocenters. The summed E-state index contributed by atoms with van der Waals surface area (Å²) < 4.78 is 0. The zero-order chi connectivity index (χ0) is 23.6. The third kappa shape index (κ3) is 6.97. The predicted molar refractivity (Wildman–Crippen MR) is 121 cm³/mol. The van der Waals surface area contributed by atoms with Crippen molar-refractivity contribution in [1.82, 2.24) is 30.7 Å². The maximum Gasteiger partial charge on any atom is 0.280 e. The van der Waals surface area contributed by atoms with Gasteiger partial charge in [0.1, 0.15) is 0 Å². The van der Waals surface area contributed by atoms with Gasteiger partial charge < -0.3 is 16.4 Å². The third-order valence-electron chi connectivity index (χ3n) is 4.85. The minimum Gasteiger partial charge on any atom is -0.379 e. The Morgan fingerprint density at radius 3 is 2.58 bits per heavy atom. The Labute approximate surface area is 189 Å². The topological polar surface area (TPSA) is 188 Å². The van der Waals surface area contributed by atoms with Gasteiger partial charge >= 0.3 is 0 Å². The lowest BCUT2D eigenvalue weighted by molar-refractivity contribution is -0.129. The van der Waals surface area contributed by atoms with Crippen LogP contribution in [0, 0.1) is 0 Å². The summed E-state index contributed by atoms with van der Waals surface area (Å²) in [6.07, 6.45) is 5.05. The van der Waals surface area contributed by atoms with Crippen molar-refractivity contribution in [3.05, 3.63) is 52.1 Å². The molecule has 2 aromatic heterocycles. The van der Waals surface area contributed by atoms with Crippen molar-refractivity contribution in [2.24, 2.45) is 0 Å². The molecule has 0 saturated heterocycles. The van der Waals surface area contributed by atoms with E-state index in [2.05, 4.69) is 30.6 Å². The standard InChI is InChI=1S/C21H26N8O4/c22-21-27-18-17(20(32)28-21)26-15(12-25-18)11-24-14-8-6-13(7-9-14)19(31)23-10-4-2-1-3-5-16(30)29-33/h6-9,12,24,33H,1-5,10-11H2,(H,23,31)(H,29,30)(H3,22,25,27,28,32). The van der Waals surface area contributed by atoms with Gasteiger partial charge in [-0.1, -0.05) is 12.8 Å². The van der Waals surface area contributed by atoms with E-state index in [1.807, 2.05) is 0 Å². The summed E-state index contributed by atoms with van der Waals surface area (Å²) in [5.41, 5.74) is 8.84. The van der Waals surface area contributed by atoms with Gasteiger partial charge in [0.25, 0.3) is 11.5 Å². The maximum atomic E-state index is 12.3. The number of carbonyl (C=O) groups is 2. The molecule has 174 valence electrons. The van der Waals surface area contributed by atoms with Crippen LogP contribution in [0.1, 0.15) is 48.2 Å². The van der Waals surface area contributed by atoms with Gasteiger partial charge in [0.2, 0.25) is 11.9 Å². The molecular weight excluding hydrogens is 428 g/mol. The number of H-pyrrole nitrogens is 1. The number of unbranched alkanes of at least 4 members (excludes halogenated alkanes) is 3. The Kier molecular flexibility index (Phi) is 8.24. The molecular formula is C21H26N8O4. The second-order valence-electron chi connectivity index (χ2n) is 7.37. The predicted octanol–water partition coefficient (Wildman–Crippen LogP) is 1.09. The first-order valence-electron chi connectivity index (χ1n) is 10.5. The molecule has 33 heavy (non-hydrogen) atoms. The second kappa shape index (κ2) is 11.5. The highest BCUT2D eigenvalue weighted by Crippen LogP contribution is 2.12. The number of nitrogens with zero attached hydrogens (tertiary/aromatic N) is 3. The average Bonchev–Trinajstić information content (AvgIpc) is 2.82. The number of nitrogen functional groups attached to an aromatic ring is 1. The monoisotopic (exact) mass is 454 g/mol. The fourth-order valence-electron chi connectivity index (χ4n) is 3.11. The highest BCUT2D eigenvalue weighted by molar-refractivity contribution is 5.94. The largest absolute Gasteiger partial charge is 0.379 e. The van der Waals surface area contributed by atoms with E-state index in [-0.39, 0.29) is 28.9 Å². The number of aromatic nitrogens is 4. The van der Waals surface area contributed by atoms with Crippen LogP contribution < -0.4 is 27.4 Å². The van der Waals surface area contributed by atoms with Crippen LogP contribution in [0.2, 0.25) is 0 Å². The zero-order valence-corrected chi connectivity index (χ0v) is 17.9. The van der Waals surface area contributed by atoms with Gasteiger partial charge in [-0.25, -0.2) is 15.4 Å². The van der Waals surface area contributed by atoms with Crippen LogP contribution in [0.25, 0.3) is 11.2 Å². The van der Waals surface area contributed by atoms with E-state index in [9.17, 15) is 14.4 Å². The molecule has 0 saturated carbocycles. The van der Waals surface area contributed by atoms with Crippen molar-refractivity contribution in [3.8, 4) is 0 Å². The number of nitrogens with two attached hydrogens (primary N) is 1. The van der Waals surface area contributed by atoms with Gasteiger partial charge in [-0.3, -0.25) is 24.6 Å². The van der Waals surface area contributed by atoms with Crippen LogP contribution in [-0.4, -0.2) is 43.5 Å². The van der Waals surface area contributed by atoms with E-state index in [1.165, 1.54) is 6.20 Å². The molecule has 7 N–H and O–H groups in total. The van der Waals surface area contributed by atoms with Crippen molar-refractivity contribution in [3.63, 3.8) is 0 Å². The van der Waals surface area contributed by atoms with Crippen molar-refractivity contribution in [2.45, 2.75) is 38.6 Å². The van der Waals surface area contributed by atoms with E-state index < -0.39 is 5.56 Å². The average molecular weight is 454 g/mol. The van der Waals surface area contributed by atoms with Crippen molar-refractivity contribution in [1.29, 1.82) is 0 Å². The molecule has 0 radical (unpaired) electrons. The molecule has 12 nitrogen and oxygen atoms in total. The van der Waals surface area contributed by atoms with Crippen LogP contribution in [0.3, 0.4) is 0 Å². The number of amides is 2. The molecule has 0 aliphatic rings. The smallest absolute Gasteiger partial charge is 0.280 e. The van der Waals surface area contributed by atoms with Crippen LogP contribution in [0.4, 0.5) is 11.6 Å². The lowest BCUT2D eigenvalue weighted by atomic mass is 10.1. The summed E-state index contributed by atoms with van der Waals surface area (Å²) >= 11 is 0. The van der Waals surface area contributed by atoms with Gasteiger partial charge in [-0.05, 0) is 37.1 Å². The molecule has 3 rings (SSSR count). The summed E-state index contributed by atoms with van der Waals surface area (Å²) in [5.74, 6) is -0.557. The number of hydrogen-bond acceptors (Lipinski definition) is 9. The molecule has 3 aromatic rings. The fraction of sp³-hybridized carbons (Fsp3) is 0.333. The van der Waals surface area contributed by atoms with Gasteiger partial charge in [-0.15, -0.1) is 0 Å². The second-order valence-corrected chi connectivity index (χ2v) is 7.37. The Balaban J connectivity index is 1.42. The zero-order valence-electron chi connectivity index (χ0n) is 17.9. The molecule has 0 unspecified atom stereocenters. The molecule has 1 aromatic carbocycles. The number of nitrogens with one attached hydrogen (secondary N) is 4. The molecule has 0 fully saturated rings. The number of fused-ring (bicyclic) bond motifs is 1. The SMILES string of the molecule is Nc1nc2ncc(CNc3ccc(C(=O)NCCCCCCC(=O)NO)cc3)nc2c(=O)[nH]1. The first kappa shape index (κ1) is 23.6. The highest BCUT2D eigenvalue weighted by atomic mass is 16.5. The quantitative estimate of drug-likeness (QED) is 0.140. The minimum absolute atomic E-state index is 0.0125. The number of rotatable bonds is 11. The molecule has 0 bridgehead atoms. The summed E-state index contributed by atoms with van der Waals surface area (Å²) in [7, 11) is 0. The lowest BCUT2D eigenvalue weighted by Crippen LogP contribution is -2.24. The van der Waals surface area contributed by atoms with E-state index in [0.29, 0.717) is 37.2 Å². The summed E-state index contributed by atoms with van der Waals surface area (Å²) in [4.78, 5) is 49.8. The Hall–Kier alpha value is -4.06. The van der Waals surface area contributed by atoms with Crippen LogP contribution in [-0.2, 0) is 11.3 Å². The maximum absolute atomic E-state index is 12.3. The Bertz CT molecular complexity index is 1160. The molecule has 0 aliphatic heterocycles. The minimum atomic E-state index is -0.448. The van der Waals surface area contributed by atoms with Gasteiger partial charge in [0, 0.05) is 24.2 Å². The molecule has 0 spiro atoms. The summed E-state index contributed by atoms with van der Waals surface area (Å²) in [6, 6.07) is 7.00. The molecule has 12 heteroatoms. The van der Waals surface area contributed by atoms with Gasteiger partial charge in [0.05, 0.1) is 18.4 Å². The van der Waals surface area contributed by atoms with Gasteiger partial charge in [-0.2, -0.15) is 4.98 Å². The third-order valence-corrected chi connectivity index (χ3v) is 4.85. The highest BCUT2D eigenvalue weighted by Gasteiger charge is 2.08. The van der Waals surface area contributed by atoms with Crippen molar-refractivity contribution >= 4 is 34.6 Å². The van der Waals surface area contributed by atoms with E-state index in [4.69, 9.17) is 10.9 Å². The van der Waals surface area contributed by atoms with Crippen molar-refractivity contribution < 1.29 is 14.8 Å². The Morgan fingerprint density at radius 1 is 1.06 bits per heavy atom. The van der Waals surface area contributed by atoms with E-state index in [0.717, 1.165) is 24.9 Å². The number of benzene rings is 1. The first-order chi connectivity index (χ1) is 16.0. The normalized spacial score (nSPS) is 10.7. The first-order valence-corrected chi connectivity index (χ1v) is 10.5. The number of hydroxylamine groups is 1. The Morgan fingerprint density at radius 2 is 1.82 bits per heavy atom. The number of aromatic amines is 1. The van der Waals surface area contributed by atoms with Crippen LogP contribution in [0.5, 0.6) is 0 Å². The lowest BCUT2D eigenvalue weighted by Gasteiger charge is -2.08. The van der Waals surface area contributed by atoms with Crippen molar-refractivity contribution in [2.75, 3.05) is 17.6 Å².